The number of nitrogens with zero attached hydrogens (tertiary/aromatic N) is 2. The number of aromatic nitrogens is 1. The average molecular weight is 364 g/mol. The van der Waals surface area contributed by atoms with Crippen LogP contribution in [0.25, 0.3) is 0 Å². The van der Waals surface area contributed by atoms with Gasteiger partial charge < -0.3 is 20.1 Å². The van der Waals surface area contributed by atoms with Gasteiger partial charge in [0, 0.05) is 31.2 Å². The fourth-order valence-corrected chi connectivity index (χ4v) is 3.24. The molecule has 0 aromatic carbocycles. The fourth-order valence-electron chi connectivity index (χ4n) is 3.24. The maximum Gasteiger partial charge on any atom is 0.413 e. The Bertz CT molecular complexity index is 615. The summed E-state index contributed by atoms with van der Waals surface area (Å²) in [5.41, 5.74) is 7.01. The molecule has 3 N–H and O–H groups in total. The lowest BCUT2D eigenvalue weighted by molar-refractivity contribution is 0.0399. The van der Waals surface area contributed by atoms with Crippen molar-refractivity contribution >= 4 is 11.9 Å². The van der Waals surface area contributed by atoms with Crippen LogP contribution in [0.15, 0.2) is 12.1 Å². The third-order valence-corrected chi connectivity index (χ3v) is 4.14. The molecule has 0 aliphatic carbocycles. The van der Waals surface area contributed by atoms with E-state index in [1.54, 1.807) is 0 Å². The highest BCUT2D eigenvalue weighted by molar-refractivity contribution is 5.83. The smallest absolute Gasteiger partial charge is 0.413 e. The maximum absolute atomic E-state index is 12.0. The number of rotatable bonds is 6. The van der Waals surface area contributed by atoms with E-state index >= 15 is 0 Å². The molecule has 1 fully saturated rings. The van der Waals surface area contributed by atoms with Gasteiger partial charge in [0.05, 0.1) is 12.7 Å². The van der Waals surface area contributed by atoms with Crippen molar-refractivity contribution in [3.63, 3.8) is 0 Å². The van der Waals surface area contributed by atoms with Gasteiger partial charge in [0.25, 0.3) is 0 Å². The van der Waals surface area contributed by atoms with E-state index in [4.69, 9.17) is 15.2 Å². The summed E-state index contributed by atoms with van der Waals surface area (Å²) < 4.78 is 11.2. The molecule has 1 saturated heterocycles. The van der Waals surface area contributed by atoms with E-state index in [1.165, 1.54) is 0 Å². The molecule has 0 radical (unpaired) electrons. The molecule has 0 unspecified atom stereocenters. The highest BCUT2D eigenvalue weighted by Crippen LogP contribution is 2.23. The zero-order chi connectivity index (χ0) is 19.3. The maximum atomic E-state index is 12.0. The number of carbonyl (C=O) groups is 1. The second-order valence-corrected chi connectivity index (χ2v) is 8.03. The van der Waals surface area contributed by atoms with Gasteiger partial charge in [-0.1, -0.05) is 0 Å². The summed E-state index contributed by atoms with van der Waals surface area (Å²) in [5.74, 6) is 0.871. The highest BCUT2D eigenvalue weighted by atomic mass is 16.6. The van der Waals surface area contributed by atoms with Gasteiger partial charge >= 0.3 is 6.09 Å². The lowest BCUT2D eigenvalue weighted by Crippen LogP contribution is -2.28. The predicted molar refractivity (Wildman–Crippen MR) is 102 cm³/mol. The van der Waals surface area contributed by atoms with Crippen molar-refractivity contribution in [3.8, 4) is 0 Å². The Hall–Kier alpha value is -1.70. The minimum Gasteiger partial charge on any atom is -0.444 e. The summed E-state index contributed by atoms with van der Waals surface area (Å²) >= 11 is 0. The van der Waals surface area contributed by atoms with Crippen LogP contribution >= 0.6 is 0 Å². The van der Waals surface area contributed by atoms with E-state index in [-0.39, 0.29) is 6.10 Å². The van der Waals surface area contributed by atoms with Crippen LogP contribution in [0, 0.1) is 12.8 Å². The van der Waals surface area contributed by atoms with Gasteiger partial charge in [-0.15, -0.1) is 0 Å². The number of nitrogens with two attached hydrogens (primary N) is 1. The van der Waals surface area contributed by atoms with E-state index in [2.05, 4.69) is 28.3 Å². The zero-order valence-corrected chi connectivity index (χ0v) is 16.5. The first kappa shape index (κ1) is 20.6. The quantitative estimate of drug-likeness (QED) is 0.804. The van der Waals surface area contributed by atoms with E-state index < -0.39 is 11.7 Å². The number of ether oxygens (including phenoxy) is 2. The summed E-state index contributed by atoms with van der Waals surface area (Å²) in [6.45, 7) is 10.5. The molecule has 26 heavy (non-hydrogen) atoms. The second kappa shape index (κ2) is 8.79. The van der Waals surface area contributed by atoms with E-state index in [0.29, 0.717) is 24.9 Å². The number of likely N-dealkylation sites (N-methyl/N-ethyl adjacent to an activating group) is 1. The highest BCUT2D eigenvalue weighted by Gasteiger charge is 2.32. The summed E-state index contributed by atoms with van der Waals surface area (Å²) in [6, 6.07) is 3.90. The molecule has 146 valence electrons. The molecule has 1 aromatic heterocycles. The summed E-state index contributed by atoms with van der Waals surface area (Å²) in [5, 5.41) is 2.73. The third kappa shape index (κ3) is 6.55. The Balaban J connectivity index is 2.05. The second-order valence-electron chi connectivity index (χ2n) is 8.03. The van der Waals surface area contributed by atoms with Crippen molar-refractivity contribution in [1.82, 2.24) is 9.88 Å². The Morgan fingerprint density at radius 3 is 2.77 bits per heavy atom. The molecule has 2 atom stereocenters. The molecule has 1 aliphatic heterocycles. The lowest BCUT2D eigenvalue weighted by atomic mass is 9.99. The molecule has 7 heteroatoms. The first-order valence-electron chi connectivity index (χ1n) is 9.14. The van der Waals surface area contributed by atoms with Crippen LogP contribution in [0.1, 0.15) is 32.0 Å². The average Bonchev–Trinajstić information content (AvgIpc) is 2.81. The van der Waals surface area contributed by atoms with Crippen LogP contribution in [-0.2, 0) is 15.9 Å². The molecule has 1 aliphatic rings. The van der Waals surface area contributed by atoms with Gasteiger partial charge in [0.15, 0.2) is 0 Å². The van der Waals surface area contributed by atoms with Gasteiger partial charge in [-0.25, -0.2) is 9.78 Å². The van der Waals surface area contributed by atoms with E-state index in [9.17, 15) is 4.79 Å². The monoisotopic (exact) mass is 364 g/mol. The Morgan fingerprint density at radius 1 is 1.38 bits per heavy atom. The largest absolute Gasteiger partial charge is 0.444 e. The molecule has 1 amide bonds. The van der Waals surface area contributed by atoms with Crippen LogP contribution in [0.3, 0.4) is 0 Å². The van der Waals surface area contributed by atoms with Crippen LogP contribution in [-0.4, -0.2) is 61.0 Å². The van der Waals surface area contributed by atoms with E-state index in [1.807, 2.05) is 33.8 Å². The number of carbonyl (C=O) groups excluding carboxylic acids is 1. The number of nitrogens with one attached hydrogen (secondary N) is 1. The van der Waals surface area contributed by atoms with Gasteiger partial charge in [-0.05, 0) is 58.9 Å². The standard InChI is InChI=1S/C19H32N4O3/c1-13-8-15(10-14-11-23(5)12-16(14)25-7-6-20)21-17(9-13)22-18(24)26-19(2,3)4/h8-9,14,16H,6-7,10-12,20H2,1-5H3,(H,21,22,24)/t14-,16+/m0/s1. The van der Waals surface area contributed by atoms with Crippen LogP contribution in [0.2, 0.25) is 0 Å². The van der Waals surface area contributed by atoms with Crippen molar-refractivity contribution in [2.24, 2.45) is 11.7 Å². The number of aryl methyl sites for hydroxylation is 1. The van der Waals surface area contributed by atoms with Gasteiger partial charge in [-0.3, -0.25) is 5.32 Å². The van der Waals surface area contributed by atoms with Crippen molar-refractivity contribution in [2.75, 3.05) is 38.6 Å². The molecule has 1 aromatic rings. The number of anilines is 1. The third-order valence-electron chi connectivity index (χ3n) is 4.14. The minimum atomic E-state index is -0.543. The van der Waals surface area contributed by atoms with Crippen molar-refractivity contribution < 1.29 is 14.3 Å². The molecular weight excluding hydrogens is 332 g/mol. The first-order valence-corrected chi connectivity index (χ1v) is 9.14. The number of likely N-dealkylation sites (tertiary alicyclic amines) is 1. The number of pyridine rings is 1. The summed E-state index contributed by atoms with van der Waals surface area (Å²) in [6.07, 6.45) is 0.462. The molecule has 2 rings (SSSR count). The van der Waals surface area contributed by atoms with Gasteiger partial charge in [-0.2, -0.15) is 0 Å². The Labute approximate surface area is 156 Å². The van der Waals surface area contributed by atoms with E-state index in [0.717, 1.165) is 30.8 Å². The molecule has 2 heterocycles. The zero-order valence-electron chi connectivity index (χ0n) is 16.5. The molecular formula is C19H32N4O3. The summed E-state index contributed by atoms with van der Waals surface area (Å²) in [4.78, 5) is 18.9. The van der Waals surface area contributed by atoms with Crippen LogP contribution in [0.4, 0.5) is 10.6 Å². The summed E-state index contributed by atoms with van der Waals surface area (Å²) in [7, 11) is 2.10. The van der Waals surface area contributed by atoms with Crippen molar-refractivity contribution in [1.29, 1.82) is 0 Å². The lowest BCUT2D eigenvalue weighted by Gasteiger charge is -2.20. The number of hydrogen-bond donors (Lipinski definition) is 2. The van der Waals surface area contributed by atoms with Crippen LogP contribution < -0.4 is 11.1 Å². The minimum absolute atomic E-state index is 0.160. The van der Waals surface area contributed by atoms with Crippen LogP contribution in [0.5, 0.6) is 0 Å². The first-order chi connectivity index (χ1) is 12.2. The Kier molecular flexibility index (Phi) is 6.97. The number of amides is 1. The molecule has 0 bridgehead atoms. The van der Waals surface area contributed by atoms with Crippen molar-refractivity contribution in [3.05, 3.63) is 23.4 Å². The molecule has 0 saturated carbocycles. The number of hydrogen-bond acceptors (Lipinski definition) is 6. The van der Waals surface area contributed by atoms with Crippen molar-refractivity contribution in [2.45, 2.75) is 45.8 Å². The fraction of sp³-hybridized carbons (Fsp3) is 0.684. The molecule has 0 spiro atoms. The Morgan fingerprint density at radius 2 is 2.12 bits per heavy atom. The van der Waals surface area contributed by atoms with Gasteiger partial charge in [0.1, 0.15) is 11.4 Å². The molecule has 7 nitrogen and oxygen atoms in total. The normalized spacial score (nSPS) is 21.0. The predicted octanol–water partition coefficient (Wildman–Crippen LogP) is 2.19. The topological polar surface area (TPSA) is 89.7 Å². The van der Waals surface area contributed by atoms with Gasteiger partial charge in [0.2, 0.25) is 0 Å². The SMILES string of the molecule is Cc1cc(C[C@H]2CN(C)C[C@H]2OCCN)nc(NC(=O)OC(C)(C)C)c1.